The summed E-state index contributed by atoms with van der Waals surface area (Å²) in [5.74, 6) is 0.960. The van der Waals surface area contributed by atoms with E-state index in [2.05, 4.69) is 26.6 Å². The van der Waals surface area contributed by atoms with E-state index in [0.717, 1.165) is 53.9 Å². The van der Waals surface area contributed by atoms with E-state index in [-0.39, 0.29) is 30.6 Å². The van der Waals surface area contributed by atoms with Gasteiger partial charge in [-0.05, 0) is 67.9 Å². The van der Waals surface area contributed by atoms with Crippen molar-refractivity contribution in [3.8, 4) is 11.8 Å². The highest BCUT2D eigenvalue weighted by Gasteiger charge is 2.44. The Morgan fingerprint density at radius 1 is 1.14 bits per heavy atom. The molecule has 2 atom stereocenters. The molecule has 1 aliphatic heterocycles. The number of nitrogens with zero attached hydrogens (tertiary/aromatic N) is 3. The van der Waals surface area contributed by atoms with Gasteiger partial charge in [-0.1, -0.05) is 18.2 Å². The number of nitrogens with one attached hydrogen (secondary N) is 2. The first-order valence-electron chi connectivity index (χ1n) is 12.7. The number of hydrogen-bond donors (Lipinski definition) is 2. The van der Waals surface area contributed by atoms with E-state index in [1.807, 2.05) is 42.5 Å². The minimum absolute atomic E-state index is 0.0878. The quantitative estimate of drug-likeness (QED) is 0.450. The van der Waals surface area contributed by atoms with Crippen molar-refractivity contribution in [1.29, 1.82) is 5.26 Å². The predicted octanol–water partition coefficient (Wildman–Crippen LogP) is 5.65. The van der Waals surface area contributed by atoms with Crippen molar-refractivity contribution in [2.24, 2.45) is 0 Å². The molecule has 0 bridgehead atoms. The fourth-order valence-electron chi connectivity index (χ4n) is 5.30. The Morgan fingerprint density at radius 2 is 1.94 bits per heavy atom. The Hall–Kier alpha value is -3.99. The van der Waals surface area contributed by atoms with Crippen LogP contribution in [0, 0.1) is 11.3 Å². The number of amides is 2. The normalized spacial score (nSPS) is 21.1. The maximum atomic E-state index is 12.3. The molecule has 184 valence electrons. The topological polar surface area (TPSA) is 103 Å². The number of hydrogen-bond acceptors (Lipinski definition) is 6. The van der Waals surface area contributed by atoms with Gasteiger partial charge in [0.1, 0.15) is 12.0 Å². The third kappa shape index (κ3) is 4.26. The van der Waals surface area contributed by atoms with Gasteiger partial charge in [0.15, 0.2) is 6.61 Å². The fraction of sp³-hybridized carbons (Fsp3) is 0.393. The molecular formula is C28H29N5O3. The fourth-order valence-corrected chi connectivity index (χ4v) is 5.30. The van der Waals surface area contributed by atoms with Gasteiger partial charge in [0.2, 0.25) is 5.89 Å². The maximum absolute atomic E-state index is 12.3. The van der Waals surface area contributed by atoms with Crippen molar-refractivity contribution >= 4 is 17.4 Å². The number of carbonyl (C=O) groups is 1. The third-order valence-electron chi connectivity index (χ3n) is 7.63. The summed E-state index contributed by atoms with van der Waals surface area (Å²) in [7, 11) is 0. The van der Waals surface area contributed by atoms with Crippen LogP contribution in [0.5, 0.6) is 5.75 Å². The molecule has 8 heteroatoms. The Balaban J connectivity index is 1.24. The van der Waals surface area contributed by atoms with Gasteiger partial charge in [0, 0.05) is 29.5 Å². The van der Waals surface area contributed by atoms with Crippen LogP contribution in [0.1, 0.15) is 67.5 Å². The van der Waals surface area contributed by atoms with Gasteiger partial charge in [-0.25, -0.2) is 9.78 Å². The Morgan fingerprint density at radius 3 is 2.58 bits per heavy atom. The monoisotopic (exact) mass is 483 g/mol. The standard InChI is InChI=1S/C28H29N5O3/c29-16-24-23-12-11-22(36-17-26-30-13-14-35-26)15-25(23)33(21-5-2-6-21)27(24)18-7-9-20(10-8-18)32-28(34)31-19-3-1-4-19/h7-15,19,21,24,27H,1-6,17H2,(H2,31,32,34). The minimum Gasteiger partial charge on any atom is -0.484 e. The molecule has 0 saturated heterocycles. The summed E-state index contributed by atoms with van der Waals surface area (Å²) in [5.41, 5.74) is 3.90. The van der Waals surface area contributed by atoms with Crippen molar-refractivity contribution in [2.75, 3.05) is 10.2 Å². The van der Waals surface area contributed by atoms with E-state index in [9.17, 15) is 10.1 Å². The average Bonchev–Trinajstić information content (AvgIpc) is 3.46. The first kappa shape index (κ1) is 22.5. The number of carbonyl (C=O) groups excluding carboxylic acids is 1. The molecule has 3 aliphatic rings. The van der Waals surface area contributed by atoms with Crippen molar-refractivity contribution in [3.63, 3.8) is 0 Å². The molecule has 0 radical (unpaired) electrons. The van der Waals surface area contributed by atoms with Gasteiger partial charge >= 0.3 is 6.03 Å². The zero-order valence-electron chi connectivity index (χ0n) is 20.0. The highest BCUT2D eigenvalue weighted by atomic mass is 16.5. The average molecular weight is 484 g/mol. The smallest absolute Gasteiger partial charge is 0.319 e. The molecule has 2 amide bonds. The SMILES string of the molecule is N#CC1c2ccc(OCc3ncco3)cc2N(C2CCC2)C1c1ccc(NC(=O)NC2CCC2)cc1. The number of aromatic nitrogens is 1. The van der Waals surface area contributed by atoms with Crippen LogP contribution in [-0.4, -0.2) is 23.1 Å². The lowest BCUT2D eigenvalue weighted by Crippen LogP contribution is -2.42. The van der Waals surface area contributed by atoms with Crippen LogP contribution < -0.4 is 20.3 Å². The van der Waals surface area contributed by atoms with Crippen molar-refractivity contribution in [3.05, 3.63) is 71.9 Å². The van der Waals surface area contributed by atoms with E-state index in [1.165, 1.54) is 19.1 Å². The molecule has 1 aromatic heterocycles. The second kappa shape index (κ2) is 9.57. The van der Waals surface area contributed by atoms with E-state index in [1.54, 1.807) is 6.20 Å². The van der Waals surface area contributed by atoms with E-state index in [4.69, 9.17) is 9.15 Å². The van der Waals surface area contributed by atoms with Gasteiger partial charge in [-0.15, -0.1) is 0 Å². The number of rotatable bonds is 7. The number of ether oxygens (including phenoxy) is 1. The molecule has 36 heavy (non-hydrogen) atoms. The maximum Gasteiger partial charge on any atom is 0.319 e. The second-order valence-corrected chi connectivity index (χ2v) is 9.83. The summed E-state index contributed by atoms with van der Waals surface area (Å²) in [6.07, 6.45) is 9.82. The number of urea groups is 1. The number of anilines is 2. The highest BCUT2D eigenvalue weighted by Crippen LogP contribution is 2.53. The molecule has 2 unspecified atom stereocenters. The molecule has 3 aromatic rings. The zero-order valence-corrected chi connectivity index (χ0v) is 20.0. The number of oxazole rings is 1. The summed E-state index contributed by atoms with van der Waals surface area (Å²) in [5, 5.41) is 16.2. The number of benzene rings is 2. The molecule has 2 fully saturated rings. The molecule has 2 saturated carbocycles. The summed E-state index contributed by atoms with van der Waals surface area (Å²) in [4.78, 5) is 18.8. The highest BCUT2D eigenvalue weighted by molar-refractivity contribution is 5.89. The van der Waals surface area contributed by atoms with Crippen LogP contribution in [0.15, 0.2) is 59.3 Å². The van der Waals surface area contributed by atoms with Gasteiger partial charge in [-0.2, -0.15) is 5.26 Å². The van der Waals surface area contributed by atoms with Crippen LogP contribution in [-0.2, 0) is 6.61 Å². The molecular weight excluding hydrogens is 454 g/mol. The van der Waals surface area contributed by atoms with Gasteiger partial charge in [-0.3, -0.25) is 0 Å². The van der Waals surface area contributed by atoms with E-state index >= 15 is 0 Å². The summed E-state index contributed by atoms with van der Waals surface area (Å²) < 4.78 is 11.2. The lowest BCUT2D eigenvalue weighted by Gasteiger charge is -2.41. The summed E-state index contributed by atoms with van der Waals surface area (Å²) >= 11 is 0. The lowest BCUT2D eigenvalue weighted by atomic mass is 9.87. The zero-order chi connectivity index (χ0) is 24.5. The van der Waals surface area contributed by atoms with Crippen LogP contribution in [0.4, 0.5) is 16.2 Å². The predicted molar refractivity (Wildman–Crippen MR) is 135 cm³/mol. The summed E-state index contributed by atoms with van der Waals surface area (Å²) in [6, 6.07) is 16.9. The lowest BCUT2D eigenvalue weighted by molar-refractivity contribution is 0.240. The number of nitriles is 1. The van der Waals surface area contributed by atoms with E-state index < -0.39 is 0 Å². The molecule has 2 N–H and O–H groups in total. The van der Waals surface area contributed by atoms with Crippen molar-refractivity contribution in [2.45, 2.75) is 69.2 Å². The van der Waals surface area contributed by atoms with Gasteiger partial charge in [0.25, 0.3) is 0 Å². The molecule has 2 aliphatic carbocycles. The van der Waals surface area contributed by atoms with Crippen LogP contribution in [0.25, 0.3) is 0 Å². The number of fused-ring (bicyclic) bond motifs is 1. The molecule has 2 aromatic carbocycles. The minimum atomic E-state index is -0.290. The van der Waals surface area contributed by atoms with Crippen molar-refractivity contribution in [1.82, 2.24) is 10.3 Å². The van der Waals surface area contributed by atoms with Crippen LogP contribution in [0.3, 0.4) is 0 Å². The molecule has 0 spiro atoms. The van der Waals surface area contributed by atoms with Crippen LogP contribution in [0.2, 0.25) is 0 Å². The largest absolute Gasteiger partial charge is 0.484 e. The molecule has 2 heterocycles. The third-order valence-corrected chi connectivity index (χ3v) is 7.63. The van der Waals surface area contributed by atoms with Gasteiger partial charge < -0.3 is 24.7 Å². The first-order chi connectivity index (χ1) is 17.7. The Labute approximate surface area is 210 Å². The van der Waals surface area contributed by atoms with Crippen LogP contribution >= 0.6 is 0 Å². The molecule has 8 nitrogen and oxygen atoms in total. The van der Waals surface area contributed by atoms with Gasteiger partial charge in [0.05, 0.1) is 24.2 Å². The van der Waals surface area contributed by atoms with Crippen molar-refractivity contribution < 1.29 is 13.9 Å². The van der Waals surface area contributed by atoms with E-state index in [0.29, 0.717) is 11.9 Å². The first-order valence-corrected chi connectivity index (χ1v) is 12.7. The second-order valence-electron chi connectivity index (χ2n) is 9.83. The Bertz CT molecular complexity index is 1260. The molecule has 6 rings (SSSR count). The Kier molecular flexibility index (Phi) is 5.98. The summed E-state index contributed by atoms with van der Waals surface area (Å²) in [6.45, 7) is 0.253.